The second kappa shape index (κ2) is 8.71. The van der Waals surface area contributed by atoms with E-state index in [0.29, 0.717) is 17.9 Å². The van der Waals surface area contributed by atoms with Gasteiger partial charge < -0.3 is 10.2 Å². The molecule has 0 aromatic heterocycles. The van der Waals surface area contributed by atoms with Crippen LogP contribution in [0.4, 0.5) is 5.69 Å². The predicted octanol–water partition coefficient (Wildman–Crippen LogP) is 2.85. The van der Waals surface area contributed by atoms with Crippen LogP contribution in [0.5, 0.6) is 0 Å². The SMILES string of the molecule is CCCCN(C1CCN(C)CC1)S(=O)(=O)c1ccc2c(c1)CCCC(=O)N2. The molecule has 1 fully saturated rings. The molecule has 2 aliphatic heterocycles. The molecule has 27 heavy (non-hydrogen) atoms. The third-order valence-electron chi connectivity index (χ3n) is 5.63. The van der Waals surface area contributed by atoms with Crippen LogP contribution in [0.2, 0.25) is 0 Å². The Kier molecular flexibility index (Phi) is 6.55. The molecule has 0 atom stereocenters. The molecule has 0 spiro atoms. The van der Waals surface area contributed by atoms with Crippen LogP contribution in [0.25, 0.3) is 0 Å². The third-order valence-corrected chi connectivity index (χ3v) is 7.58. The molecule has 1 aromatic rings. The molecule has 1 amide bonds. The Labute approximate surface area is 163 Å². The number of hydrogen-bond acceptors (Lipinski definition) is 4. The van der Waals surface area contributed by atoms with Crippen LogP contribution in [-0.2, 0) is 21.2 Å². The summed E-state index contributed by atoms with van der Waals surface area (Å²) in [6.45, 7) is 4.52. The van der Waals surface area contributed by atoms with E-state index in [2.05, 4.69) is 24.2 Å². The molecule has 150 valence electrons. The Hall–Kier alpha value is -1.44. The molecule has 1 aromatic carbocycles. The van der Waals surface area contributed by atoms with Gasteiger partial charge in [-0.1, -0.05) is 13.3 Å². The molecule has 7 heteroatoms. The zero-order chi connectivity index (χ0) is 19.4. The number of nitrogens with zero attached hydrogens (tertiary/aromatic N) is 2. The van der Waals surface area contributed by atoms with E-state index in [1.165, 1.54) is 0 Å². The smallest absolute Gasteiger partial charge is 0.243 e. The molecule has 2 aliphatic rings. The minimum absolute atomic E-state index is 0.000236. The lowest BCUT2D eigenvalue weighted by molar-refractivity contribution is -0.116. The molecule has 0 bridgehead atoms. The summed E-state index contributed by atoms with van der Waals surface area (Å²) in [5, 5.41) is 2.88. The number of piperidine rings is 1. The average molecular weight is 394 g/mol. The van der Waals surface area contributed by atoms with Crippen molar-refractivity contribution in [2.75, 3.05) is 32.0 Å². The lowest BCUT2D eigenvalue weighted by atomic mass is 10.1. The molecule has 0 unspecified atom stereocenters. The van der Waals surface area contributed by atoms with Crippen molar-refractivity contribution < 1.29 is 13.2 Å². The largest absolute Gasteiger partial charge is 0.326 e. The standard InChI is InChI=1S/C20H31N3O3S/c1-3-4-12-23(17-10-13-22(2)14-11-17)27(25,26)18-8-9-19-16(15-18)6-5-7-20(24)21-19/h8-9,15,17H,3-7,10-14H2,1-2H3,(H,21,24). The highest BCUT2D eigenvalue weighted by molar-refractivity contribution is 7.89. The summed E-state index contributed by atoms with van der Waals surface area (Å²) in [5.41, 5.74) is 1.66. The second-order valence-corrected chi connectivity index (χ2v) is 9.61. The Morgan fingerprint density at radius 2 is 1.96 bits per heavy atom. The average Bonchev–Trinajstić information content (AvgIpc) is 2.83. The molecule has 6 nitrogen and oxygen atoms in total. The maximum atomic E-state index is 13.5. The van der Waals surface area contributed by atoms with Crippen molar-refractivity contribution in [2.24, 2.45) is 0 Å². The van der Waals surface area contributed by atoms with Gasteiger partial charge in [0.2, 0.25) is 15.9 Å². The molecule has 1 saturated heterocycles. The van der Waals surface area contributed by atoms with Crippen molar-refractivity contribution in [2.45, 2.75) is 62.8 Å². The highest BCUT2D eigenvalue weighted by Crippen LogP contribution is 2.29. The number of likely N-dealkylation sites (tertiary alicyclic amines) is 1. The summed E-state index contributed by atoms with van der Waals surface area (Å²) in [6.07, 6.45) is 5.54. The Morgan fingerprint density at radius 3 is 2.67 bits per heavy atom. The first kappa shape index (κ1) is 20.3. The Bertz CT molecular complexity index is 771. The van der Waals surface area contributed by atoms with E-state index in [1.54, 1.807) is 22.5 Å². The van der Waals surface area contributed by atoms with Gasteiger partial charge in [-0.25, -0.2) is 8.42 Å². The van der Waals surface area contributed by atoms with E-state index < -0.39 is 10.0 Å². The molecule has 1 N–H and O–H groups in total. The molecule has 0 saturated carbocycles. The first-order valence-electron chi connectivity index (χ1n) is 10.0. The highest BCUT2D eigenvalue weighted by Gasteiger charge is 2.33. The van der Waals surface area contributed by atoms with Crippen molar-refractivity contribution in [3.8, 4) is 0 Å². The van der Waals surface area contributed by atoms with Crippen LogP contribution in [0, 0.1) is 0 Å². The van der Waals surface area contributed by atoms with Crippen LogP contribution >= 0.6 is 0 Å². The monoisotopic (exact) mass is 393 g/mol. The van der Waals surface area contributed by atoms with E-state index in [0.717, 1.165) is 62.9 Å². The molecule has 2 heterocycles. The van der Waals surface area contributed by atoms with Gasteiger partial charge in [-0.05, 0) is 76.0 Å². The molecule has 0 radical (unpaired) electrons. The van der Waals surface area contributed by atoms with Gasteiger partial charge in [0.1, 0.15) is 0 Å². The Balaban J connectivity index is 1.89. The van der Waals surface area contributed by atoms with Crippen molar-refractivity contribution in [1.29, 1.82) is 0 Å². The molecule has 3 rings (SSSR count). The number of carbonyl (C=O) groups excluding carboxylic acids is 1. The van der Waals surface area contributed by atoms with Crippen molar-refractivity contribution in [1.82, 2.24) is 9.21 Å². The van der Waals surface area contributed by atoms with Crippen molar-refractivity contribution in [3.63, 3.8) is 0 Å². The predicted molar refractivity (Wildman–Crippen MR) is 107 cm³/mol. The summed E-state index contributed by atoms with van der Waals surface area (Å²) >= 11 is 0. The van der Waals surface area contributed by atoms with Gasteiger partial charge in [-0.2, -0.15) is 4.31 Å². The summed E-state index contributed by atoms with van der Waals surface area (Å²) in [5.74, 6) is 0.000236. The minimum Gasteiger partial charge on any atom is -0.326 e. The number of hydrogen-bond donors (Lipinski definition) is 1. The fraction of sp³-hybridized carbons (Fsp3) is 0.650. The van der Waals surface area contributed by atoms with Crippen LogP contribution in [0.1, 0.15) is 51.0 Å². The highest BCUT2D eigenvalue weighted by atomic mass is 32.2. The normalized spacial score (nSPS) is 19.6. The minimum atomic E-state index is -3.55. The van der Waals surface area contributed by atoms with E-state index >= 15 is 0 Å². The fourth-order valence-corrected chi connectivity index (χ4v) is 5.72. The number of aryl methyl sites for hydroxylation is 1. The summed E-state index contributed by atoms with van der Waals surface area (Å²) in [4.78, 5) is 14.4. The number of carbonyl (C=O) groups is 1. The van der Waals surface area contributed by atoms with Crippen LogP contribution in [0.15, 0.2) is 23.1 Å². The lowest BCUT2D eigenvalue weighted by Crippen LogP contribution is -2.46. The second-order valence-electron chi connectivity index (χ2n) is 7.72. The maximum Gasteiger partial charge on any atom is 0.243 e. The zero-order valence-corrected chi connectivity index (χ0v) is 17.2. The fourth-order valence-electron chi connectivity index (χ4n) is 3.94. The lowest BCUT2D eigenvalue weighted by Gasteiger charge is -2.36. The summed E-state index contributed by atoms with van der Waals surface area (Å²) < 4.78 is 28.7. The zero-order valence-electron chi connectivity index (χ0n) is 16.4. The first-order chi connectivity index (χ1) is 12.9. The number of rotatable bonds is 6. The Morgan fingerprint density at radius 1 is 1.22 bits per heavy atom. The van der Waals surface area contributed by atoms with Gasteiger partial charge in [0.15, 0.2) is 0 Å². The quantitative estimate of drug-likeness (QED) is 0.807. The topological polar surface area (TPSA) is 69.7 Å². The van der Waals surface area contributed by atoms with Crippen LogP contribution in [-0.4, -0.2) is 56.3 Å². The molecular weight excluding hydrogens is 362 g/mol. The number of unbranched alkanes of at least 4 members (excludes halogenated alkanes) is 1. The number of anilines is 1. The number of benzene rings is 1. The van der Waals surface area contributed by atoms with Crippen LogP contribution in [0.3, 0.4) is 0 Å². The number of amides is 1. The third kappa shape index (κ3) is 4.70. The van der Waals surface area contributed by atoms with Gasteiger partial charge in [0.25, 0.3) is 0 Å². The van der Waals surface area contributed by atoms with Crippen molar-refractivity contribution >= 4 is 21.6 Å². The number of sulfonamides is 1. The number of nitrogens with one attached hydrogen (secondary N) is 1. The van der Waals surface area contributed by atoms with E-state index in [9.17, 15) is 13.2 Å². The number of fused-ring (bicyclic) bond motifs is 1. The van der Waals surface area contributed by atoms with E-state index in [1.807, 2.05) is 0 Å². The first-order valence-corrected chi connectivity index (χ1v) is 11.5. The summed E-state index contributed by atoms with van der Waals surface area (Å²) in [7, 11) is -1.46. The maximum absolute atomic E-state index is 13.5. The van der Waals surface area contributed by atoms with Crippen molar-refractivity contribution in [3.05, 3.63) is 23.8 Å². The van der Waals surface area contributed by atoms with Gasteiger partial charge in [-0.15, -0.1) is 0 Å². The van der Waals surface area contributed by atoms with E-state index in [4.69, 9.17) is 0 Å². The summed E-state index contributed by atoms with van der Waals surface area (Å²) in [6, 6.07) is 5.23. The molecular formula is C20H31N3O3S. The van der Waals surface area contributed by atoms with Gasteiger partial charge >= 0.3 is 0 Å². The van der Waals surface area contributed by atoms with Gasteiger partial charge in [-0.3, -0.25) is 4.79 Å². The van der Waals surface area contributed by atoms with Crippen LogP contribution < -0.4 is 5.32 Å². The molecule has 0 aliphatic carbocycles. The van der Waals surface area contributed by atoms with Gasteiger partial charge in [0, 0.05) is 24.7 Å². The van der Waals surface area contributed by atoms with E-state index in [-0.39, 0.29) is 11.9 Å². The van der Waals surface area contributed by atoms with Gasteiger partial charge in [0.05, 0.1) is 4.90 Å².